The lowest BCUT2D eigenvalue weighted by Crippen LogP contribution is -2.11. The number of ether oxygens (including phenoxy) is 1. The number of aliphatic carboxylic acids is 1. The molecule has 0 unspecified atom stereocenters. The molecule has 3 N–H and O–H groups in total. The Morgan fingerprint density at radius 3 is 2.42 bits per heavy atom. The highest BCUT2D eigenvalue weighted by atomic mass is 16.5. The average Bonchev–Trinajstić information content (AvgIpc) is 2.58. The second kappa shape index (κ2) is 8.48. The first kappa shape index (κ1) is 18.7. The number of aromatic hydroxyl groups is 1. The summed E-state index contributed by atoms with van der Waals surface area (Å²) in [5.74, 6) is -2.22. The van der Waals surface area contributed by atoms with E-state index in [1.807, 2.05) is 0 Å². The molecule has 0 aliphatic carbocycles. The molecule has 2 aromatic carbocycles. The normalized spacial score (nSPS) is 10.5. The molecular formula is C19H17NO6. The smallest absolute Gasteiger partial charge is 0.341 e. The van der Waals surface area contributed by atoms with Crippen LogP contribution >= 0.6 is 0 Å². The Labute approximate surface area is 149 Å². The number of anilines is 1. The van der Waals surface area contributed by atoms with E-state index in [0.29, 0.717) is 11.3 Å². The number of allylic oxidation sites excluding steroid dienone is 1. The highest BCUT2D eigenvalue weighted by molar-refractivity contribution is 6.10. The summed E-state index contributed by atoms with van der Waals surface area (Å²) in [5.41, 5.74) is 1.22. The molecule has 0 aromatic heterocycles. The van der Waals surface area contributed by atoms with Gasteiger partial charge in [-0.15, -0.1) is 0 Å². The zero-order chi connectivity index (χ0) is 19.1. The minimum absolute atomic E-state index is 0.0111. The number of carbonyl (C=O) groups is 3. The molecule has 0 atom stereocenters. The minimum Gasteiger partial charge on any atom is -0.507 e. The van der Waals surface area contributed by atoms with E-state index < -0.39 is 18.4 Å². The predicted molar refractivity (Wildman–Crippen MR) is 95.3 cm³/mol. The topological polar surface area (TPSA) is 113 Å². The molecule has 2 aromatic rings. The summed E-state index contributed by atoms with van der Waals surface area (Å²) in [4.78, 5) is 34.0. The van der Waals surface area contributed by atoms with Gasteiger partial charge in [-0.3, -0.25) is 9.59 Å². The second-order valence-corrected chi connectivity index (χ2v) is 5.33. The van der Waals surface area contributed by atoms with Crippen molar-refractivity contribution in [2.75, 3.05) is 11.9 Å². The van der Waals surface area contributed by atoms with Gasteiger partial charge >= 0.3 is 5.97 Å². The van der Waals surface area contributed by atoms with Crippen LogP contribution in [0.15, 0.2) is 48.5 Å². The summed E-state index contributed by atoms with van der Waals surface area (Å²) in [5, 5.41) is 21.2. The Morgan fingerprint density at radius 1 is 1.12 bits per heavy atom. The number of carboxylic acid groups (broad SMARTS) is 1. The summed E-state index contributed by atoms with van der Waals surface area (Å²) >= 11 is 0. The van der Waals surface area contributed by atoms with Gasteiger partial charge in [0.05, 0.1) is 0 Å². The van der Waals surface area contributed by atoms with Crippen LogP contribution in [0.4, 0.5) is 5.69 Å². The second-order valence-electron chi connectivity index (χ2n) is 5.33. The van der Waals surface area contributed by atoms with Crippen LogP contribution in [-0.4, -0.2) is 34.5 Å². The van der Waals surface area contributed by atoms with Gasteiger partial charge in [-0.25, -0.2) is 4.79 Å². The molecule has 0 aliphatic heterocycles. The first-order valence-corrected chi connectivity index (χ1v) is 7.63. The molecule has 0 aliphatic rings. The number of carboxylic acids is 1. The number of phenolic OH excluding ortho intramolecular Hbond substituents is 1. The van der Waals surface area contributed by atoms with Gasteiger partial charge in [-0.2, -0.15) is 0 Å². The van der Waals surface area contributed by atoms with Crippen LogP contribution in [-0.2, 0) is 9.59 Å². The lowest BCUT2D eigenvalue weighted by atomic mass is 10.1. The summed E-state index contributed by atoms with van der Waals surface area (Å²) in [6, 6.07) is 11.0. The van der Waals surface area contributed by atoms with E-state index in [1.165, 1.54) is 37.3 Å². The van der Waals surface area contributed by atoms with E-state index in [2.05, 4.69) is 5.32 Å². The van der Waals surface area contributed by atoms with Crippen molar-refractivity contribution in [3.63, 3.8) is 0 Å². The maximum absolute atomic E-state index is 12.4. The fourth-order valence-corrected chi connectivity index (χ4v) is 2.16. The van der Waals surface area contributed by atoms with Crippen LogP contribution in [0.5, 0.6) is 11.5 Å². The molecule has 7 nitrogen and oxygen atoms in total. The van der Waals surface area contributed by atoms with Gasteiger partial charge in [0, 0.05) is 12.6 Å². The Morgan fingerprint density at radius 2 is 1.81 bits per heavy atom. The van der Waals surface area contributed by atoms with Crippen molar-refractivity contribution in [1.29, 1.82) is 0 Å². The largest absolute Gasteiger partial charge is 0.507 e. The highest BCUT2D eigenvalue weighted by Crippen LogP contribution is 2.28. The third-order valence-electron chi connectivity index (χ3n) is 3.26. The quantitative estimate of drug-likeness (QED) is 0.520. The van der Waals surface area contributed by atoms with Crippen LogP contribution in [0.1, 0.15) is 22.8 Å². The van der Waals surface area contributed by atoms with Crippen LogP contribution in [0.2, 0.25) is 0 Å². The maximum atomic E-state index is 12.4. The van der Waals surface area contributed by atoms with Crippen LogP contribution < -0.4 is 10.1 Å². The summed E-state index contributed by atoms with van der Waals surface area (Å²) in [7, 11) is 0. The lowest BCUT2D eigenvalue weighted by molar-refractivity contribution is -0.139. The Hall–Kier alpha value is -3.61. The molecule has 0 saturated carbocycles. The van der Waals surface area contributed by atoms with Gasteiger partial charge in [0.15, 0.2) is 12.4 Å². The number of nitrogens with one attached hydrogen (secondary N) is 1. The number of hydrogen-bond donors (Lipinski definition) is 3. The first-order valence-electron chi connectivity index (χ1n) is 7.63. The molecule has 26 heavy (non-hydrogen) atoms. The van der Waals surface area contributed by atoms with Gasteiger partial charge in [-0.05, 0) is 35.9 Å². The summed E-state index contributed by atoms with van der Waals surface area (Å²) < 4.78 is 5.05. The minimum atomic E-state index is -1.19. The molecule has 1 amide bonds. The fraction of sp³-hybridized carbons (Fsp3) is 0.105. The van der Waals surface area contributed by atoms with E-state index in [0.717, 1.165) is 0 Å². The Kier molecular flexibility index (Phi) is 6.10. The highest BCUT2D eigenvalue weighted by Gasteiger charge is 2.16. The number of rotatable bonds is 7. The van der Waals surface area contributed by atoms with Gasteiger partial charge in [0.2, 0.25) is 5.91 Å². The van der Waals surface area contributed by atoms with Crippen LogP contribution in [0.25, 0.3) is 6.08 Å². The molecule has 0 spiro atoms. The monoisotopic (exact) mass is 355 g/mol. The number of phenols is 1. The molecule has 0 bridgehead atoms. The molecule has 7 heteroatoms. The average molecular weight is 355 g/mol. The zero-order valence-corrected chi connectivity index (χ0v) is 13.9. The SMILES string of the molecule is CC(=O)Nc1ccc(C=CC(=O)c2c(O)cccc2OCC(=O)O)cc1. The van der Waals surface area contributed by atoms with E-state index in [9.17, 15) is 19.5 Å². The van der Waals surface area contributed by atoms with Crippen molar-refractivity contribution in [2.45, 2.75) is 6.92 Å². The van der Waals surface area contributed by atoms with Crippen molar-refractivity contribution in [3.8, 4) is 11.5 Å². The standard InChI is InChI=1S/C19H17NO6/c1-12(21)20-14-8-5-13(6-9-14)7-10-16(23)19-15(22)3-2-4-17(19)26-11-18(24)25/h2-10,22H,11H2,1H3,(H,20,21)(H,24,25). The van der Waals surface area contributed by atoms with Gasteiger partial charge in [0.25, 0.3) is 0 Å². The number of carbonyl (C=O) groups excluding carboxylic acids is 2. The van der Waals surface area contributed by atoms with Crippen molar-refractivity contribution >= 4 is 29.4 Å². The third-order valence-corrected chi connectivity index (χ3v) is 3.26. The van der Waals surface area contributed by atoms with E-state index >= 15 is 0 Å². The van der Waals surface area contributed by atoms with Crippen LogP contribution in [0.3, 0.4) is 0 Å². The molecule has 134 valence electrons. The number of hydrogen-bond acceptors (Lipinski definition) is 5. The molecule has 0 heterocycles. The van der Waals surface area contributed by atoms with Gasteiger partial charge < -0.3 is 20.3 Å². The van der Waals surface area contributed by atoms with E-state index in [-0.39, 0.29) is 23.0 Å². The van der Waals surface area contributed by atoms with Crippen molar-refractivity contribution in [3.05, 3.63) is 59.7 Å². The first-order chi connectivity index (χ1) is 12.4. The molecular weight excluding hydrogens is 338 g/mol. The van der Waals surface area contributed by atoms with E-state index in [4.69, 9.17) is 9.84 Å². The Bertz CT molecular complexity index is 855. The van der Waals surface area contributed by atoms with Gasteiger partial charge in [0.1, 0.15) is 17.1 Å². The summed E-state index contributed by atoms with van der Waals surface area (Å²) in [6.45, 7) is 0.779. The fourth-order valence-electron chi connectivity index (χ4n) is 2.16. The third kappa shape index (κ3) is 5.20. The van der Waals surface area contributed by atoms with E-state index in [1.54, 1.807) is 24.3 Å². The zero-order valence-electron chi connectivity index (χ0n) is 13.9. The molecule has 0 fully saturated rings. The van der Waals surface area contributed by atoms with Crippen LogP contribution in [0, 0.1) is 0 Å². The van der Waals surface area contributed by atoms with Crippen molar-refractivity contribution in [1.82, 2.24) is 0 Å². The number of amides is 1. The van der Waals surface area contributed by atoms with Crippen molar-refractivity contribution < 1.29 is 29.3 Å². The molecule has 0 radical (unpaired) electrons. The Balaban J connectivity index is 2.17. The number of ketones is 1. The molecule has 0 saturated heterocycles. The van der Waals surface area contributed by atoms with Gasteiger partial charge in [-0.1, -0.05) is 24.3 Å². The summed E-state index contributed by atoms with van der Waals surface area (Å²) in [6.07, 6.45) is 2.78. The molecule has 2 rings (SSSR count). The maximum Gasteiger partial charge on any atom is 0.341 e. The lowest BCUT2D eigenvalue weighted by Gasteiger charge is -2.09. The van der Waals surface area contributed by atoms with Crippen molar-refractivity contribution in [2.24, 2.45) is 0 Å². The number of benzene rings is 2. The predicted octanol–water partition coefficient (Wildman–Crippen LogP) is 2.71.